The monoisotopic (exact) mass is 416 g/mol. The minimum atomic E-state index is -0.113. The number of hydrogen-bond acceptors (Lipinski definition) is 4. The molecule has 0 spiro atoms. The van der Waals surface area contributed by atoms with Crippen LogP contribution in [0.5, 0.6) is 5.75 Å². The lowest BCUT2D eigenvalue weighted by molar-refractivity contribution is 0.232. The maximum absolute atomic E-state index is 12.0. The lowest BCUT2D eigenvalue weighted by atomic mass is 10.1. The highest BCUT2D eigenvalue weighted by Gasteiger charge is 2.16. The molecule has 0 atom stereocenters. The summed E-state index contributed by atoms with van der Waals surface area (Å²) in [6.45, 7) is 6.06. The number of urea groups is 1. The maximum atomic E-state index is 12.0. The van der Waals surface area contributed by atoms with Gasteiger partial charge in [-0.2, -0.15) is 0 Å². The van der Waals surface area contributed by atoms with Gasteiger partial charge in [-0.15, -0.1) is 0 Å². The Balaban J connectivity index is 1.27. The largest absolute Gasteiger partial charge is 0.497 e. The Labute approximate surface area is 177 Å². The number of piperazine rings is 1. The molecule has 1 saturated heterocycles. The van der Waals surface area contributed by atoms with Crippen LogP contribution in [0, 0.1) is 0 Å². The first kappa shape index (κ1) is 21.3. The minimum absolute atomic E-state index is 0.113. The number of methoxy groups -OCH3 is 1. The summed E-state index contributed by atoms with van der Waals surface area (Å²) in [5.74, 6) is 0.841. The van der Waals surface area contributed by atoms with Gasteiger partial charge in [0.25, 0.3) is 0 Å². The zero-order chi connectivity index (χ0) is 20.5. The average molecular weight is 417 g/mol. The van der Waals surface area contributed by atoms with Crippen LogP contribution in [0.25, 0.3) is 0 Å². The molecule has 2 amide bonds. The van der Waals surface area contributed by atoms with Crippen LogP contribution in [0.4, 0.5) is 10.5 Å². The number of hydrogen-bond donors (Lipinski definition) is 2. The molecule has 7 heteroatoms. The van der Waals surface area contributed by atoms with Gasteiger partial charge in [0.15, 0.2) is 0 Å². The molecule has 1 fully saturated rings. The molecule has 3 rings (SSSR count). The normalized spacial score (nSPS) is 14.5. The van der Waals surface area contributed by atoms with Crippen LogP contribution in [0.2, 0.25) is 5.02 Å². The Morgan fingerprint density at radius 2 is 1.62 bits per heavy atom. The van der Waals surface area contributed by atoms with E-state index in [4.69, 9.17) is 16.3 Å². The van der Waals surface area contributed by atoms with E-state index in [0.717, 1.165) is 49.9 Å². The number of nitrogens with one attached hydrogen (secondary N) is 2. The Bertz CT molecular complexity index is 759. The van der Waals surface area contributed by atoms with Crippen molar-refractivity contribution >= 4 is 23.3 Å². The molecule has 29 heavy (non-hydrogen) atoms. The number of amides is 2. The second-order valence-corrected chi connectivity index (χ2v) is 7.52. The van der Waals surface area contributed by atoms with Crippen molar-refractivity contribution in [3.8, 4) is 5.75 Å². The van der Waals surface area contributed by atoms with Crippen LogP contribution in [0.1, 0.15) is 5.56 Å². The standard InChI is InChI=1S/C22H29ClN4O2/c1-29-21-8-2-18(3-9-21)10-11-24-22(28)25-12-13-26-14-16-27(17-15-26)20-6-4-19(23)5-7-20/h2-9H,10-17H2,1H3,(H2,24,25,28). The van der Waals surface area contributed by atoms with Crippen LogP contribution in [-0.4, -0.2) is 63.9 Å². The summed E-state index contributed by atoms with van der Waals surface area (Å²) >= 11 is 5.96. The lowest BCUT2D eigenvalue weighted by Gasteiger charge is -2.36. The first-order valence-electron chi connectivity index (χ1n) is 10.0. The van der Waals surface area contributed by atoms with Crippen LogP contribution < -0.4 is 20.3 Å². The average Bonchev–Trinajstić information content (AvgIpc) is 2.75. The Morgan fingerprint density at radius 3 is 2.28 bits per heavy atom. The predicted molar refractivity (Wildman–Crippen MR) is 118 cm³/mol. The molecule has 1 heterocycles. The third-order valence-corrected chi connectivity index (χ3v) is 5.39. The number of nitrogens with zero attached hydrogens (tertiary/aromatic N) is 2. The highest BCUT2D eigenvalue weighted by atomic mass is 35.5. The Hall–Kier alpha value is -2.44. The summed E-state index contributed by atoms with van der Waals surface area (Å²) in [5.41, 5.74) is 2.38. The summed E-state index contributed by atoms with van der Waals surface area (Å²) in [7, 11) is 1.65. The first-order valence-corrected chi connectivity index (χ1v) is 10.4. The zero-order valence-corrected chi connectivity index (χ0v) is 17.6. The topological polar surface area (TPSA) is 56.8 Å². The van der Waals surface area contributed by atoms with Gasteiger partial charge in [-0.1, -0.05) is 23.7 Å². The number of anilines is 1. The molecular weight excluding hydrogens is 388 g/mol. The molecule has 156 valence electrons. The molecule has 2 aromatic carbocycles. The van der Waals surface area contributed by atoms with Gasteiger partial charge in [0, 0.05) is 56.5 Å². The smallest absolute Gasteiger partial charge is 0.314 e. The van der Waals surface area contributed by atoms with Crippen LogP contribution >= 0.6 is 11.6 Å². The summed E-state index contributed by atoms with van der Waals surface area (Å²) < 4.78 is 5.15. The van der Waals surface area contributed by atoms with Gasteiger partial charge in [-0.3, -0.25) is 4.90 Å². The summed E-state index contributed by atoms with van der Waals surface area (Å²) in [4.78, 5) is 16.7. The van der Waals surface area contributed by atoms with Crippen molar-refractivity contribution < 1.29 is 9.53 Å². The van der Waals surface area contributed by atoms with E-state index >= 15 is 0 Å². The predicted octanol–water partition coefficient (Wildman–Crippen LogP) is 3.01. The van der Waals surface area contributed by atoms with Crippen LogP contribution in [-0.2, 0) is 6.42 Å². The van der Waals surface area contributed by atoms with Crippen molar-refractivity contribution in [2.45, 2.75) is 6.42 Å². The van der Waals surface area contributed by atoms with Gasteiger partial charge in [-0.05, 0) is 48.4 Å². The fraction of sp³-hybridized carbons (Fsp3) is 0.409. The molecule has 0 aromatic heterocycles. The summed E-state index contributed by atoms with van der Waals surface area (Å²) in [5, 5.41) is 6.62. The lowest BCUT2D eigenvalue weighted by Crippen LogP contribution is -2.49. The molecular formula is C22H29ClN4O2. The Kier molecular flexibility index (Phi) is 8.02. The molecule has 6 nitrogen and oxygen atoms in total. The van der Waals surface area contributed by atoms with Gasteiger partial charge >= 0.3 is 6.03 Å². The van der Waals surface area contributed by atoms with E-state index in [1.807, 2.05) is 36.4 Å². The molecule has 0 saturated carbocycles. The number of rotatable bonds is 8. The van der Waals surface area contributed by atoms with Gasteiger partial charge < -0.3 is 20.3 Å². The zero-order valence-electron chi connectivity index (χ0n) is 16.9. The summed E-state index contributed by atoms with van der Waals surface area (Å²) in [6, 6.07) is 15.8. The number of carbonyl (C=O) groups excluding carboxylic acids is 1. The SMILES string of the molecule is COc1ccc(CCNC(=O)NCCN2CCN(c3ccc(Cl)cc3)CC2)cc1. The highest BCUT2D eigenvalue weighted by molar-refractivity contribution is 6.30. The number of halogens is 1. The van der Waals surface area contributed by atoms with Crippen molar-refractivity contribution in [2.75, 3.05) is 57.8 Å². The number of carbonyl (C=O) groups is 1. The van der Waals surface area contributed by atoms with Crippen molar-refractivity contribution in [1.82, 2.24) is 15.5 Å². The van der Waals surface area contributed by atoms with E-state index in [1.165, 1.54) is 11.3 Å². The van der Waals surface area contributed by atoms with Crippen LogP contribution in [0.15, 0.2) is 48.5 Å². The number of ether oxygens (including phenoxy) is 1. The molecule has 0 aliphatic carbocycles. The van der Waals surface area contributed by atoms with Crippen molar-refractivity contribution in [3.05, 3.63) is 59.1 Å². The highest BCUT2D eigenvalue weighted by Crippen LogP contribution is 2.19. The van der Waals surface area contributed by atoms with E-state index in [0.29, 0.717) is 13.1 Å². The second-order valence-electron chi connectivity index (χ2n) is 7.09. The molecule has 0 unspecified atom stereocenters. The van der Waals surface area contributed by atoms with Crippen LogP contribution in [0.3, 0.4) is 0 Å². The van der Waals surface area contributed by atoms with Crippen molar-refractivity contribution in [1.29, 1.82) is 0 Å². The first-order chi connectivity index (χ1) is 14.1. The van der Waals surface area contributed by atoms with Crippen molar-refractivity contribution in [3.63, 3.8) is 0 Å². The van der Waals surface area contributed by atoms with E-state index in [2.05, 4.69) is 32.6 Å². The third kappa shape index (κ3) is 6.84. The molecule has 0 radical (unpaired) electrons. The summed E-state index contributed by atoms with van der Waals surface area (Å²) in [6.07, 6.45) is 0.796. The van der Waals surface area contributed by atoms with E-state index < -0.39 is 0 Å². The van der Waals surface area contributed by atoms with Crippen molar-refractivity contribution in [2.24, 2.45) is 0 Å². The molecule has 1 aliphatic heterocycles. The maximum Gasteiger partial charge on any atom is 0.314 e. The number of benzene rings is 2. The fourth-order valence-electron chi connectivity index (χ4n) is 3.38. The molecule has 1 aliphatic rings. The third-order valence-electron chi connectivity index (χ3n) is 5.14. The minimum Gasteiger partial charge on any atom is -0.497 e. The van der Waals surface area contributed by atoms with Gasteiger partial charge in [0.05, 0.1) is 7.11 Å². The Morgan fingerprint density at radius 1 is 0.966 bits per heavy atom. The van der Waals surface area contributed by atoms with E-state index in [-0.39, 0.29) is 6.03 Å². The van der Waals surface area contributed by atoms with Gasteiger partial charge in [-0.25, -0.2) is 4.79 Å². The van der Waals surface area contributed by atoms with E-state index in [1.54, 1.807) is 7.11 Å². The molecule has 0 bridgehead atoms. The quantitative estimate of drug-likeness (QED) is 0.694. The fourth-order valence-corrected chi connectivity index (χ4v) is 3.51. The second kappa shape index (κ2) is 10.9. The van der Waals surface area contributed by atoms with E-state index in [9.17, 15) is 4.79 Å². The van der Waals surface area contributed by atoms with Gasteiger partial charge in [0.1, 0.15) is 5.75 Å². The molecule has 2 aromatic rings. The van der Waals surface area contributed by atoms with Gasteiger partial charge in [0.2, 0.25) is 0 Å². The molecule has 2 N–H and O–H groups in total.